The molecular formula is C13H17N5. The van der Waals surface area contributed by atoms with Crippen LogP contribution in [-0.4, -0.2) is 46.9 Å². The first-order valence-electron chi connectivity index (χ1n) is 6.25. The molecule has 0 aromatic carbocycles. The van der Waals surface area contributed by atoms with Gasteiger partial charge in [-0.05, 0) is 12.1 Å². The number of aliphatic imine (C=N–C) groups is 1. The summed E-state index contributed by atoms with van der Waals surface area (Å²) in [5.41, 5.74) is 2.11. The molecule has 1 aliphatic heterocycles. The van der Waals surface area contributed by atoms with Crippen LogP contribution < -0.4 is 5.32 Å². The number of pyridine rings is 1. The minimum Gasteiger partial charge on any atom is -0.356 e. The lowest BCUT2D eigenvalue weighted by atomic mass is 10.3. The van der Waals surface area contributed by atoms with Crippen LogP contribution in [0.15, 0.2) is 35.6 Å². The molecule has 0 saturated carbocycles. The Morgan fingerprint density at radius 1 is 1.39 bits per heavy atom. The summed E-state index contributed by atoms with van der Waals surface area (Å²) in [6, 6.07) is 6.04. The molecule has 0 aliphatic carbocycles. The van der Waals surface area contributed by atoms with E-state index in [1.807, 2.05) is 24.4 Å². The molecule has 5 heteroatoms. The summed E-state index contributed by atoms with van der Waals surface area (Å²) in [6.07, 6.45) is 5.01. The molecule has 18 heavy (non-hydrogen) atoms. The van der Waals surface area contributed by atoms with Crippen LogP contribution in [-0.2, 0) is 6.42 Å². The maximum absolute atomic E-state index is 4.57. The van der Waals surface area contributed by atoms with Gasteiger partial charge in [-0.15, -0.1) is 0 Å². The van der Waals surface area contributed by atoms with Crippen molar-refractivity contribution >= 4 is 11.6 Å². The Bertz CT molecular complexity index is 539. The number of likely N-dealkylation sites (N-methyl/N-ethyl adjacent to an activating group) is 1. The maximum atomic E-state index is 4.57. The van der Waals surface area contributed by atoms with Crippen molar-refractivity contribution < 1.29 is 0 Å². The number of nitrogens with one attached hydrogen (secondary N) is 1. The van der Waals surface area contributed by atoms with E-state index in [0.717, 1.165) is 43.4 Å². The fourth-order valence-corrected chi connectivity index (χ4v) is 2.13. The zero-order valence-electron chi connectivity index (χ0n) is 10.5. The number of nitrogens with zero attached hydrogens (tertiary/aromatic N) is 4. The standard InChI is InChI=1S/C13H17N5/c1-17-9-7-15-13(17)14-6-5-11-10-18-8-3-2-4-12(18)16-11/h2-4,8,10H,5-7,9H2,1H3,(H,14,15). The van der Waals surface area contributed by atoms with Crippen LogP contribution in [0.2, 0.25) is 0 Å². The van der Waals surface area contributed by atoms with Gasteiger partial charge in [0.2, 0.25) is 0 Å². The number of imidazole rings is 1. The fourth-order valence-electron chi connectivity index (χ4n) is 2.13. The van der Waals surface area contributed by atoms with Gasteiger partial charge in [-0.1, -0.05) is 6.07 Å². The van der Waals surface area contributed by atoms with Gasteiger partial charge in [-0.25, -0.2) is 4.98 Å². The third kappa shape index (κ3) is 2.16. The lowest BCUT2D eigenvalue weighted by Crippen LogP contribution is -2.36. The highest BCUT2D eigenvalue weighted by Gasteiger charge is 2.11. The predicted octanol–water partition coefficient (Wildman–Crippen LogP) is 0.768. The van der Waals surface area contributed by atoms with Crippen LogP contribution >= 0.6 is 0 Å². The minimum atomic E-state index is 0.868. The van der Waals surface area contributed by atoms with E-state index in [0.29, 0.717) is 0 Å². The molecule has 0 spiro atoms. The summed E-state index contributed by atoms with van der Waals surface area (Å²) in [7, 11) is 2.06. The summed E-state index contributed by atoms with van der Waals surface area (Å²) in [6.45, 7) is 2.77. The third-order valence-electron chi connectivity index (χ3n) is 3.14. The van der Waals surface area contributed by atoms with Crippen molar-refractivity contribution in [2.45, 2.75) is 6.42 Å². The lowest BCUT2D eigenvalue weighted by molar-refractivity contribution is 0.534. The molecule has 94 valence electrons. The summed E-state index contributed by atoms with van der Waals surface area (Å²) >= 11 is 0. The SMILES string of the molecule is CN1CCN=C1NCCc1cn2ccccc2n1. The fraction of sp³-hybridized carbons (Fsp3) is 0.385. The van der Waals surface area contributed by atoms with E-state index >= 15 is 0 Å². The molecule has 0 amide bonds. The van der Waals surface area contributed by atoms with Gasteiger partial charge >= 0.3 is 0 Å². The smallest absolute Gasteiger partial charge is 0.193 e. The average molecular weight is 243 g/mol. The Labute approximate surface area is 106 Å². The quantitative estimate of drug-likeness (QED) is 0.866. The van der Waals surface area contributed by atoms with Crippen LogP contribution in [0.1, 0.15) is 5.69 Å². The molecule has 3 rings (SSSR count). The lowest BCUT2D eigenvalue weighted by Gasteiger charge is -2.14. The largest absolute Gasteiger partial charge is 0.356 e. The van der Waals surface area contributed by atoms with Gasteiger partial charge in [0.05, 0.1) is 12.2 Å². The number of hydrogen-bond donors (Lipinski definition) is 1. The number of hydrogen-bond acceptors (Lipinski definition) is 4. The van der Waals surface area contributed by atoms with Crippen LogP contribution in [0, 0.1) is 0 Å². The first-order valence-corrected chi connectivity index (χ1v) is 6.25. The summed E-state index contributed by atoms with van der Waals surface area (Å²) in [4.78, 5) is 11.1. The average Bonchev–Trinajstić information content (AvgIpc) is 2.96. The number of guanidine groups is 1. The first-order chi connectivity index (χ1) is 8.83. The van der Waals surface area contributed by atoms with Gasteiger partial charge in [0.1, 0.15) is 5.65 Å². The van der Waals surface area contributed by atoms with Crippen LogP contribution in [0.4, 0.5) is 0 Å². The number of aromatic nitrogens is 2. The molecule has 2 aromatic rings. The number of rotatable bonds is 3. The van der Waals surface area contributed by atoms with Crippen molar-refractivity contribution in [2.24, 2.45) is 4.99 Å². The zero-order valence-corrected chi connectivity index (χ0v) is 10.5. The predicted molar refractivity (Wildman–Crippen MR) is 71.8 cm³/mol. The summed E-state index contributed by atoms with van der Waals surface area (Å²) < 4.78 is 2.05. The van der Waals surface area contributed by atoms with Crippen LogP contribution in [0.5, 0.6) is 0 Å². The van der Waals surface area contributed by atoms with E-state index in [-0.39, 0.29) is 0 Å². The maximum Gasteiger partial charge on any atom is 0.193 e. The second kappa shape index (κ2) is 4.68. The zero-order chi connectivity index (χ0) is 12.4. The Kier molecular flexibility index (Phi) is 2.88. The van der Waals surface area contributed by atoms with E-state index in [2.05, 4.69) is 37.8 Å². The van der Waals surface area contributed by atoms with E-state index < -0.39 is 0 Å². The van der Waals surface area contributed by atoms with Crippen molar-refractivity contribution in [2.75, 3.05) is 26.7 Å². The van der Waals surface area contributed by atoms with E-state index in [1.165, 1.54) is 0 Å². The van der Waals surface area contributed by atoms with Gasteiger partial charge in [0, 0.05) is 39.0 Å². The molecular weight excluding hydrogens is 226 g/mol. The molecule has 1 N–H and O–H groups in total. The van der Waals surface area contributed by atoms with E-state index in [1.54, 1.807) is 0 Å². The highest BCUT2D eigenvalue weighted by atomic mass is 15.3. The van der Waals surface area contributed by atoms with Crippen LogP contribution in [0.3, 0.4) is 0 Å². The first kappa shape index (κ1) is 11.1. The number of fused-ring (bicyclic) bond motifs is 1. The monoisotopic (exact) mass is 243 g/mol. The Hall–Kier alpha value is -2.04. The van der Waals surface area contributed by atoms with E-state index in [9.17, 15) is 0 Å². The van der Waals surface area contributed by atoms with Gasteiger partial charge in [0.25, 0.3) is 0 Å². The Balaban J connectivity index is 1.60. The van der Waals surface area contributed by atoms with Gasteiger partial charge in [0.15, 0.2) is 5.96 Å². The van der Waals surface area contributed by atoms with Gasteiger partial charge < -0.3 is 14.6 Å². The molecule has 0 fully saturated rings. The highest BCUT2D eigenvalue weighted by Crippen LogP contribution is 2.04. The van der Waals surface area contributed by atoms with Gasteiger partial charge in [-0.2, -0.15) is 0 Å². The second-order valence-electron chi connectivity index (χ2n) is 4.50. The van der Waals surface area contributed by atoms with Gasteiger partial charge in [-0.3, -0.25) is 4.99 Å². The Morgan fingerprint density at radius 3 is 3.11 bits per heavy atom. The molecule has 0 bridgehead atoms. The Morgan fingerprint density at radius 2 is 2.33 bits per heavy atom. The summed E-state index contributed by atoms with van der Waals surface area (Å²) in [5.74, 6) is 0.999. The molecule has 1 aliphatic rings. The minimum absolute atomic E-state index is 0.868. The molecule has 5 nitrogen and oxygen atoms in total. The van der Waals surface area contributed by atoms with E-state index in [4.69, 9.17) is 0 Å². The molecule has 2 aromatic heterocycles. The molecule has 0 atom stereocenters. The topological polar surface area (TPSA) is 44.9 Å². The normalized spacial score (nSPS) is 15.2. The van der Waals surface area contributed by atoms with Crippen molar-refractivity contribution in [1.82, 2.24) is 19.6 Å². The molecule has 0 saturated heterocycles. The van der Waals surface area contributed by atoms with Crippen molar-refractivity contribution in [1.29, 1.82) is 0 Å². The summed E-state index contributed by atoms with van der Waals surface area (Å²) in [5, 5.41) is 3.35. The van der Waals surface area contributed by atoms with Crippen molar-refractivity contribution in [3.05, 3.63) is 36.3 Å². The third-order valence-corrected chi connectivity index (χ3v) is 3.14. The molecule has 3 heterocycles. The van der Waals surface area contributed by atoms with Crippen LogP contribution in [0.25, 0.3) is 5.65 Å². The second-order valence-corrected chi connectivity index (χ2v) is 4.50. The van der Waals surface area contributed by atoms with Crippen molar-refractivity contribution in [3.63, 3.8) is 0 Å². The molecule has 0 unspecified atom stereocenters. The highest BCUT2D eigenvalue weighted by molar-refractivity contribution is 5.81. The van der Waals surface area contributed by atoms with Crippen molar-refractivity contribution in [3.8, 4) is 0 Å². The molecule has 0 radical (unpaired) electrons.